The molecule has 0 aliphatic heterocycles. The van der Waals surface area contributed by atoms with Crippen LogP contribution in [0, 0.1) is 0 Å². The summed E-state index contributed by atoms with van der Waals surface area (Å²) in [5.74, 6) is -0.844. The number of hydrogen-bond donors (Lipinski definition) is 2. The van der Waals surface area contributed by atoms with Crippen LogP contribution < -0.4 is 15.2 Å². The second-order valence-electron chi connectivity index (χ2n) is 3.74. The summed E-state index contributed by atoms with van der Waals surface area (Å²) in [6, 6.07) is 4.84. The number of carboxylic acids is 1. The standard InChI is InChI=1S/C13H15NO5/c1-8(13(14)17)19-11-7-10(18-2)5-3-9(11)4-6-12(15)16/h3-8H,1-2H3,(H2,14,17)(H,15,16). The Morgan fingerprint density at radius 1 is 1.42 bits per heavy atom. The van der Waals surface area contributed by atoms with Crippen molar-refractivity contribution in [3.8, 4) is 11.5 Å². The molecule has 0 radical (unpaired) electrons. The van der Waals surface area contributed by atoms with E-state index in [2.05, 4.69) is 0 Å². The van der Waals surface area contributed by atoms with E-state index in [-0.39, 0.29) is 0 Å². The molecule has 0 fully saturated rings. The van der Waals surface area contributed by atoms with E-state index < -0.39 is 18.0 Å². The molecule has 1 atom stereocenters. The molecule has 6 heteroatoms. The molecule has 0 saturated heterocycles. The maximum atomic E-state index is 11.0. The predicted octanol–water partition coefficient (Wildman–Crippen LogP) is 1.05. The van der Waals surface area contributed by atoms with Gasteiger partial charge in [-0.15, -0.1) is 0 Å². The first-order valence-electron chi connectivity index (χ1n) is 5.49. The summed E-state index contributed by atoms with van der Waals surface area (Å²) in [5.41, 5.74) is 5.63. The second kappa shape index (κ2) is 6.44. The van der Waals surface area contributed by atoms with Crippen LogP contribution in [0.5, 0.6) is 11.5 Å². The fraction of sp³-hybridized carbons (Fsp3) is 0.231. The van der Waals surface area contributed by atoms with Crippen LogP contribution in [0.15, 0.2) is 24.3 Å². The Hall–Kier alpha value is -2.50. The number of ether oxygens (including phenoxy) is 2. The fourth-order valence-corrected chi connectivity index (χ4v) is 1.29. The van der Waals surface area contributed by atoms with Crippen molar-refractivity contribution in [3.05, 3.63) is 29.8 Å². The first-order chi connectivity index (χ1) is 8.93. The number of amides is 1. The lowest BCUT2D eigenvalue weighted by atomic mass is 10.1. The Balaban J connectivity index is 3.08. The lowest BCUT2D eigenvalue weighted by molar-refractivity contribution is -0.131. The summed E-state index contributed by atoms with van der Waals surface area (Å²) < 4.78 is 10.4. The Morgan fingerprint density at radius 2 is 2.11 bits per heavy atom. The number of aliphatic carboxylic acids is 1. The number of hydrogen-bond acceptors (Lipinski definition) is 4. The minimum Gasteiger partial charge on any atom is -0.497 e. The van der Waals surface area contributed by atoms with Crippen molar-refractivity contribution < 1.29 is 24.2 Å². The van der Waals surface area contributed by atoms with Gasteiger partial charge in [-0.05, 0) is 25.1 Å². The Labute approximate surface area is 110 Å². The van der Waals surface area contributed by atoms with Gasteiger partial charge in [0.05, 0.1) is 7.11 Å². The summed E-state index contributed by atoms with van der Waals surface area (Å²) in [6.45, 7) is 1.51. The van der Waals surface area contributed by atoms with Crippen LogP contribution >= 0.6 is 0 Å². The number of methoxy groups -OCH3 is 1. The molecule has 19 heavy (non-hydrogen) atoms. The highest BCUT2D eigenvalue weighted by Crippen LogP contribution is 2.26. The molecule has 1 aromatic rings. The third-order valence-corrected chi connectivity index (χ3v) is 2.33. The fourth-order valence-electron chi connectivity index (χ4n) is 1.29. The minimum atomic E-state index is -1.08. The van der Waals surface area contributed by atoms with Crippen molar-refractivity contribution in [2.75, 3.05) is 7.11 Å². The van der Waals surface area contributed by atoms with E-state index in [9.17, 15) is 9.59 Å². The van der Waals surface area contributed by atoms with Gasteiger partial charge >= 0.3 is 5.97 Å². The van der Waals surface area contributed by atoms with Gasteiger partial charge < -0.3 is 20.3 Å². The van der Waals surface area contributed by atoms with Gasteiger partial charge in [-0.3, -0.25) is 4.79 Å². The van der Waals surface area contributed by atoms with Crippen LogP contribution in [-0.4, -0.2) is 30.2 Å². The SMILES string of the molecule is COc1ccc(C=CC(=O)O)c(OC(C)C(N)=O)c1. The van der Waals surface area contributed by atoms with Crippen molar-refractivity contribution in [2.24, 2.45) is 5.73 Å². The van der Waals surface area contributed by atoms with Crippen molar-refractivity contribution in [1.29, 1.82) is 0 Å². The van der Waals surface area contributed by atoms with Crippen molar-refractivity contribution in [3.63, 3.8) is 0 Å². The molecule has 1 unspecified atom stereocenters. The highest BCUT2D eigenvalue weighted by molar-refractivity contribution is 5.86. The molecule has 0 heterocycles. The molecule has 0 saturated carbocycles. The van der Waals surface area contributed by atoms with Crippen molar-refractivity contribution in [1.82, 2.24) is 0 Å². The van der Waals surface area contributed by atoms with Gasteiger partial charge in [0.1, 0.15) is 11.5 Å². The van der Waals surface area contributed by atoms with Gasteiger partial charge in [0, 0.05) is 17.7 Å². The van der Waals surface area contributed by atoms with Gasteiger partial charge in [0.2, 0.25) is 0 Å². The molecule has 0 aliphatic carbocycles. The van der Waals surface area contributed by atoms with E-state index in [1.165, 1.54) is 20.1 Å². The molecule has 3 N–H and O–H groups in total. The van der Waals surface area contributed by atoms with E-state index in [1.54, 1.807) is 18.2 Å². The van der Waals surface area contributed by atoms with Crippen molar-refractivity contribution in [2.45, 2.75) is 13.0 Å². The Kier molecular flexibility index (Phi) is 4.93. The Bertz CT molecular complexity index is 510. The van der Waals surface area contributed by atoms with Gasteiger partial charge in [0.25, 0.3) is 5.91 Å². The van der Waals surface area contributed by atoms with Crippen LogP contribution in [0.3, 0.4) is 0 Å². The zero-order valence-corrected chi connectivity index (χ0v) is 10.6. The number of carbonyl (C=O) groups is 2. The minimum absolute atomic E-state index is 0.322. The third kappa shape index (κ3) is 4.34. The average molecular weight is 265 g/mol. The highest BCUT2D eigenvalue weighted by atomic mass is 16.5. The summed E-state index contributed by atoms with van der Waals surface area (Å²) in [7, 11) is 1.49. The number of nitrogens with two attached hydrogens (primary N) is 1. The van der Waals surface area contributed by atoms with E-state index in [1.807, 2.05) is 0 Å². The van der Waals surface area contributed by atoms with Gasteiger partial charge in [-0.1, -0.05) is 0 Å². The smallest absolute Gasteiger partial charge is 0.328 e. The topological polar surface area (TPSA) is 98.8 Å². The molecule has 102 valence electrons. The molecule has 0 spiro atoms. The molecular formula is C13H15NO5. The third-order valence-electron chi connectivity index (χ3n) is 2.33. The van der Waals surface area contributed by atoms with Crippen LogP contribution in [0.25, 0.3) is 6.08 Å². The highest BCUT2D eigenvalue weighted by Gasteiger charge is 2.13. The Morgan fingerprint density at radius 3 is 2.63 bits per heavy atom. The lowest BCUT2D eigenvalue weighted by Crippen LogP contribution is -2.30. The number of carbonyl (C=O) groups excluding carboxylic acids is 1. The number of benzene rings is 1. The van der Waals surface area contributed by atoms with E-state index in [4.69, 9.17) is 20.3 Å². The summed E-state index contributed by atoms with van der Waals surface area (Å²) in [6.07, 6.45) is 1.51. The first kappa shape index (κ1) is 14.6. The summed E-state index contributed by atoms with van der Waals surface area (Å²) in [5, 5.41) is 8.61. The molecule has 0 aliphatic rings. The van der Waals surface area contributed by atoms with E-state index in [0.717, 1.165) is 6.08 Å². The maximum absolute atomic E-state index is 11.0. The normalized spacial score (nSPS) is 12.1. The number of rotatable bonds is 6. The number of primary amides is 1. The maximum Gasteiger partial charge on any atom is 0.328 e. The van der Waals surface area contributed by atoms with Gasteiger partial charge in [0.15, 0.2) is 6.10 Å². The molecule has 6 nitrogen and oxygen atoms in total. The van der Waals surface area contributed by atoms with Crippen molar-refractivity contribution >= 4 is 18.0 Å². The zero-order valence-electron chi connectivity index (χ0n) is 10.6. The number of carboxylic acid groups (broad SMARTS) is 1. The quantitative estimate of drug-likeness (QED) is 0.749. The molecule has 1 amide bonds. The van der Waals surface area contributed by atoms with Crippen LogP contribution in [0.4, 0.5) is 0 Å². The molecule has 1 rings (SSSR count). The largest absolute Gasteiger partial charge is 0.497 e. The van der Waals surface area contributed by atoms with E-state index >= 15 is 0 Å². The molecule has 1 aromatic carbocycles. The monoisotopic (exact) mass is 265 g/mol. The summed E-state index contributed by atoms with van der Waals surface area (Å²) in [4.78, 5) is 21.5. The molecule has 0 aromatic heterocycles. The van der Waals surface area contributed by atoms with Gasteiger partial charge in [-0.2, -0.15) is 0 Å². The summed E-state index contributed by atoms with van der Waals surface area (Å²) >= 11 is 0. The molecule has 0 bridgehead atoms. The van der Waals surface area contributed by atoms with Crippen LogP contribution in [-0.2, 0) is 9.59 Å². The molecular weight excluding hydrogens is 250 g/mol. The van der Waals surface area contributed by atoms with Gasteiger partial charge in [-0.25, -0.2) is 4.79 Å². The lowest BCUT2D eigenvalue weighted by Gasteiger charge is -2.14. The average Bonchev–Trinajstić information content (AvgIpc) is 2.36. The second-order valence-corrected chi connectivity index (χ2v) is 3.74. The van der Waals surface area contributed by atoms with Crippen LogP contribution in [0.1, 0.15) is 12.5 Å². The van der Waals surface area contributed by atoms with E-state index in [0.29, 0.717) is 17.1 Å². The first-order valence-corrected chi connectivity index (χ1v) is 5.49. The van der Waals surface area contributed by atoms with Crippen LogP contribution in [0.2, 0.25) is 0 Å². The predicted molar refractivity (Wildman–Crippen MR) is 68.9 cm³/mol. The zero-order chi connectivity index (χ0) is 14.4.